The first-order chi connectivity index (χ1) is 9.29. The Labute approximate surface area is 115 Å². The summed E-state index contributed by atoms with van der Waals surface area (Å²) >= 11 is 5.02. The number of rotatable bonds is 3. The summed E-state index contributed by atoms with van der Waals surface area (Å²) in [7, 11) is 0. The monoisotopic (exact) mass is 274 g/mol. The molecular weight excluding hydrogens is 260 g/mol. The number of fused-ring (bicyclic) bond motifs is 1. The SMILES string of the molecule is OCCC1CNCC=C1c1ccnc2c1=NC(=S)N=2. The normalized spacial score (nSPS) is 21.4. The van der Waals surface area contributed by atoms with Gasteiger partial charge in [-0.1, -0.05) is 6.08 Å². The first-order valence-corrected chi connectivity index (χ1v) is 6.69. The molecule has 1 aromatic rings. The molecule has 1 unspecified atom stereocenters. The van der Waals surface area contributed by atoms with Crippen LogP contribution in [0.15, 0.2) is 28.3 Å². The Kier molecular flexibility index (Phi) is 3.46. The third kappa shape index (κ3) is 2.34. The molecule has 3 rings (SSSR count). The Morgan fingerprint density at radius 2 is 2.32 bits per heavy atom. The van der Waals surface area contributed by atoms with Crippen molar-refractivity contribution in [2.24, 2.45) is 15.9 Å². The smallest absolute Gasteiger partial charge is 0.221 e. The molecule has 0 aliphatic carbocycles. The van der Waals surface area contributed by atoms with Crippen molar-refractivity contribution >= 4 is 22.9 Å². The van der Waals surface area contributed by atoms with Crippen LogP contribution >= 0.6 is 12.2 Å². The van der Waals surface area contributed by atoms with Crippen molar-refractivity contribution in [3.63, 3.8) is 0 Å². The van der Waals surface area contributed by atoms with Crippen LogP contribution in [0.2, 0.25) is 0 Å². The summed E-state index contributed by atoms with van der Waals surface area (Å²) in [6.07, 6.45) is 4.62. The highest BCUT2D eigenvalue weighted by molar-refractivity contribution is 7.80. The van der Waals surface area contributed by atoms with Gasteiger partial charge in [-0.3, -0.25) is 0 Å². The third-order valence-corrected chi connectivity index (χ3v) is 3.58. The lowest BCUT2D eigenvalue weighted by Gasteiger charge is -2.24. The summed E-state index contributed by atoms with van der Waals surface area (Å²) in [5.74, 6) is 0.287. The van der Waals surface area contributed by atoms with Gasteiger partial charge < -0.3 is 10.4 Å². The van der Waals surface area contributed by atoms with Crippen LogP contribution < -0.4 is 16.2 Å². The van der Waals surface area contributed by atoms with Gasteiger partial charge in [0.25, 0.3) is 0 Å². The van der Waals surface area contributed by atoms with Crippen LogP contribution in [0.3, 0.4) is 0 Å². The van der Waals surface area contributed by atoms with Crippen molar-refractivity contribution in [1.29, 1.82) is 0 Å². The van der Waals surface area contributed by atoms with Crippen molar-refractivity contribution < 1.29 is 5.11 Å². The van der Waals surface area contributed by atoms with Crippen LogP contribution in [0, 0.1) is 5.92 Å². The molecule has 2 N–H and O–H groups in total. The van der Waals surface area contributed by atoms with Crippen molar-refractivity contribution in [2.45, 2.75) is 6.42 Å². The van der Waals surface area contributed by atoms with Gasteiger partial charge in [-0.15, -0.1) is 0 Å². The maximum Gasteiger partial charge on any atom is 0.221 e. The van der Waals surface area contributed by atoms with Gasteiger partial charge in [-0.2, -0.15) is 4.99 Å². The minimum Gasteiger partial charge on any atom is -0.396 e. The van der Waals surface area contributed by atoms with Gasteiger partial charge in [0.15, 0.2) is 5.49 Å². The van der Waals surface area contributed by atoms with Gasteiger partial charge >= 0.3 is 0 Å². The van der Waals surface area contributed by atoms with Crippen molar-refractivity contribution in [3.8, 4) is 0 Å². The van der Waals surface area contributed by atoms with E-state index in [1.165, 1.54) is 5.57 Å². The predicted molar refractivity (Wildman–Crippen MR) is 75.2 cm³/mol. The second-order valence-electron chi connectivity index (χ2n) is 4.56. The molecule has 2 aliphatic heterocycles. The summed E-state index contributed by atoms with van der Waals surface area (Å²) in [5, 5.41) is 13.6. The Balaban J connectivity index is 2.11. The molecule has 3 heterocycles. The molecule has 2 aliphatic rings. The standard InChI is InChI=1S/C13H14N4OS/c18-6-3-8-7-14-4-1-9(8)10-2-5-15-12-11(10)16-13(19)17-12/h1-2,5,8,14,18H,3-4,6-7H2. The molecule has 6 heteroatoms. The van der Waals surface area contributed by atoms with E-state index in [9.17, 15) is 5.11 Å². The van der Waals surface area contributed by atoms with Crippen LogP contribution in [0.4, 0.5) is 0 Å². The zero-order valence-electron chi connectivity index (χ0n) is 10.3. The minimum absolute atomic E-state index is 0.177. The maximum absolute atomic E-state index is 9.19. The van der Waals surface area contributed by atoms with Crippen LogP contribution in [-0.4, -0.2) is 34.9 Å². The average Bonchev–Trinajstić information content (AvgIpc) is 2.80. The maximum atomic E-state index is 9.19. The Morgan fingerprint density at radius 3 is 3.16 bits per heavy atom. The van der Waals surface area contributed by atoms with Crippen LogP contribution in [-0.2, 0) is 0 Å². The first kappa shape index (κ1) is 12.5. The van der Waals surface area contributed by atoms with E-state index in [1.807, 2.05) is 6.07 Å². The summed E-state index contributed by atoms with van der Waals surface area (Å²) in [5.41, 5.74) is 2.84. The van der Waals surface area contributed by atoms with Crippen LogP contribution in [0.1, 0.15) is 12.0 Å². The van der Waals surface area contributed by atoms with E-state index < -0.39 is 0 Å². The number of hydrogen-bond acceptors (Lipinski definition) is 4. The molecule has 5 nitrogen and oxygen atoms in total. The molecule has 0 bridgehead atoms. The van der Waals surface area contributed by atoms with E-state index in [4.69, 9.17) is 12.2 Å². The molecule has 1 aromatic heterocycles. The molecule has 0 spiro atoms. The quantitative estimate of drug-likeness (QED) is 0.736. The molecule has 0 saturated heterocycles. The van der Waals surface area contributed by atoms with E-state index in [2.05, 4.69) is 26.4 Å². The average molecular weight is 274 g/mol. The molecule has 0 saturated carbocycles. The lowest BCUT2D eigenvalue weighted by atomic mass is 9.88. The minimum atomic E-state index is 0.177. The van der Waals surface area contributed by atoms with Crippen molar-refractivity contribution in [1.82, 2.24) is 10.3 Å². The number of aliphatic hydroxyl groups is 1. The number of nitrogens with one attached hydrogen (secondary N) is 1. The predicted octanol–water partition coefficient (Wildman–Crippen LogP) is -0.395. The van der Waals surface area contributed by atoms with E-state index in [-0.39, 0.29) is 12.5 Å². The van der Waals surface area contributed by atoms with Gasteiger partial charge in [-0.05, 0) is 36.2 Å². The lowest BCUT2D eigenvalue weighted by molar-refractivity contribution is 0.269. The molecule has 0 radical (unpaired) electrons. The van der Waals surface area contributed by atoms with E-state index >= 15 is 0 Å². The number of aliphatic hydroxyl groups excluding tert-OH is 1. The molecule has 98 valence electrons. The van der Waals surface area contributed by atoms with Gasteiger partial charge in [0.2, 0.25) is 5.11 Å². The molecule has 0 fully saturated rings. The highest BCUT2D eigenvalue weighted by Crippen LogP contribution is 2.25. The summed E-state index contributed by atoms with van der Waals surface area (Å²) < 4.78 is 0. The van der Waals surface area contributed by atoms with Gasteiger partial charge in [0.1, 0.15) is 5.36 Å². The van der Waals surface area contributed by atoms with E-state index in [0.29, 0.717) is 10.6 Å². The van der Waals surface area contributed by atoms with Gasteiger partial charge in [0, 0.05) is 31.5 Å². The number of hydrogen-bond donors (Lipinski definition) is 2. The Morgan fingerprint density at radius 1 is 1.42 bits per heavy atom. The fourth-order valence-electron chi connectivity index (χ4n) is 2.54. The van der Waals surface area contributed by atoms with Crippen LogP contribution in [0.25, 0.3) is 5.57 Å². The number of aromatic nitrogens is 1. The first-order valence-electron chi connectivity index (χ1n) is 6.28. The zero-order valence-corrected chi connectivity index (χ0v) is 11.2. The Hall–Kier alpha value is -1.50. The number of thiocarbonyl (C=S) groups is 1. The molecular formula is C13H14N4OS. The van der Waals surface area contributed by atoms with Crippen molar-refractivity contribution in [3.05, 3.63) is 34.7 Å². The van der Waals surface area contributed by atoms with E-state index in [0.717, 1.165) is 30.4 Å². The lowest BCUT2D eigenvalue weighted by Crippen LogP contribution is -2.34. The highest BCUT2D eigenvalue weighted by atomic mass is 32.1. The van der Waals surface area contributed by atoms with E-state index in [1.54, 1.807) is 6.20 Å². The summed E-state index contributed by atoms with van der Waals surface area (Å²) in [4.78, 5) is 12.6. The highest BCUT2D eigenvalue weighted by Gasteiger charge is 2.21. The second-order valence-corrected chi connectivity index (χ2v) is 4.93. The second kappa shape index (κ2) is 5.24. The van der Waals surface area contributed by atoms with Gasteiger partial charge in [-0.25, -0.2) is 9.98 Å². The zero-order chi connectivity index (χ0) is 13.2. The molecule has 0 aromatic carbocycles. The fraction of sp³-hybridized carbons (Fsp3) is 0.385. The molecule has 19 heavy (non-hydrogen) atoms. The third-order valence-electron chi connectivity index (χ3n) is 3.40. The fourth-order valence-corrected chi connectivity index (χ4v) is 2.72. The van der Waals surface area contributed by atoms with Crippen LogP contribution in [0.5, 0.6) is 0 Å². The molecule has 0 amide bonds. The molecule has 1 atom stereocenters. The number of nitrogens with zero attached hydrogens (tertiary/aromatic N) is 3. The number of pyridine rings is 1. The topological polar surface area (TPSA) is 69.9 Å². The summed E-state index contributed by atoms with van der Waals surface area (Å²) in [6.45, 7) is 1.87. The Bertz CT molecular complexity index is 668. The van der Waals surface area contributed by atoms with Gasteiger partial charge in [0.05, 0.1) is 0 Å². The summed E-state index contributed by atoms with van der Waals surface area (Å²) in [6, 6.07) is 1.95. The van der Waals surface area contributed by atoms with Crippen molar-refractivity contribution in [2.75, 3.05) is 19.7 Å². The largest absolute Gasteiger partial charge is 0.396 e.